The first-order valence-electron chi connectivity index (χ1n) is 8.88. The van der Waals surface area contributed by atoms with E-state index in [2.05, 4.69) is 0 Å². The highest BCUT2D eigenvalue weighted by Crippen LogP contribution is 2.63. The van der Waals surface area contributed by atoms with E-state index in [1.54, 1.807) is 64.2 Å². The van der Waals surface area contributed by atoms with Crippen LogP contribution in [0.1, 0.15) is 64.2 Å². The third-order valence-corrected chi connectivity index (χ3v) is 8.13. The third-order valence-electron chi connectivity index (χ3n) is 8.13. The summed E-state index contributed by atoms with van der Waals surface area (Å²) in [6, 6.07) is 0. The van der Waals surface area contributed by atoms with Crippen molar-refractivity contribution in [1.82, 2.24) is 0 Å². The van der Waals surface area contributed by atoms with Crippen molar-refractivity contribution in [3.8, 4) is 0 Å². The molecule has 0 heterocycles. The molecule has 0 saturated heterocycles. The maximum atomic E-state index is 1.66. The van der Waals surface area contributed by atoms with Crippen LogP contribution in [0.15, 0.2) is 0 Å². The van der Waals surface area contributed by atoms with Crippen LogP contribution in [0.5, 0.6) is 0 Å². The zero-order chi connectivity index (χ0) is 11.7. The van der Waals surface area contributed by atoms with Crippen LogP contribution < -0.4 is 0 Å². The van der Waals surface area contributed by atoms with Gasteiger partial charge in [0, 0.05) is 0 Å². The second-order valence-electron chi connectivity index (χ2n) is 8.57. The van der Waals surface area contributed by atoms with Crippen molar-refractivity contribution >= 4 is 0 Å². The summed E-state index contributed by atoms with van der Waals surface area (Å²) in [6.45, 7) is 0. The topological polar surface area (TPSA) is 0 Å². The number of fused-ring (bicyclic) bond motifs is 7. The summed E-state index contributed by atoms with van der Waals surface area (Å²) in [6.07, 6.45) is 16.2. The molecule has 18 heavy (non-hydrogen) atoms. The average Bonchev–Trinajstić information content (AvgIpc) is 3.10. The summed E-state index contributed by atoms with van der Waals surface area (Å²) in [4.78, 5) is 0. The van der Waals surface area contributed by atoms with Crippen LogP contribution in [0.2, 0.25) is 0 Å². The summed E-state index contributed by atoms with van der Waals surface area (Å²) < 4.78 is 0. The maximum Gasteiger partial charge on any atom is -0.0352 e. The average molecular weight is 244 g/mol. The van der Waals surface area contributed by atoms with Gasteiger partial charge in [-0.1, -0.05) is 12.8 Å². The van der Waals surface area contributed by atoms with Crippen LogP contribution in [0, 0.1) is 47.3 Å². The van der Waals surface area contributed by atoms with Gasteiger partial charge in [-0.05, 0) is 98.7 Å². The zero-order valence-corrected chi connectivity index (χ0v) is 11.7. The quantitative estimate of drug-likeness (QED) is 0.616. The van der Waals surface area contributed by atoms with E-state index in [1.165, 1.54) is 41.4 Å². The molecule has 4 bridgehead atoms. The van der Waals surface area contributed by atoms with Crippen molar-refractivity contribution in [3.05, 3.63) is 0 Å². The normalized spacial score (nSPS) is 61.3. The van der Waals surface area contributed by atoms with Crippen molar-refractivity contribution < 1.29 is 0 Å². The van der Waals surface area contributed by atoms with Crippen molar-refractivity contribution in [3.63, 3.8) is 0 Å². The van der Waals surface area contributed by atoms with E-state index in [0.717, 1.165) is 5.92 Å². The second-order valence-corrected chi connectivity index (χ2v) is 8.57. The molecule has 5 aliphatic carbocycles. The fourth-order valence-corrected chi connectivity index (χ4v) is 7.46. The molecule has 7 unspecified atom stereocenters. The van der Waals surface area contributed by atoms with Gasteiger partial charge < -0.3 is 0 Å². The van der Waals surface area contributed by atoms with E-state index in [4.69, 9.17) is 0 Å². The molecule has 0 radical (unpaired) electrons. The van der Waals surface area contributed by atoms with Gasteiger partial charge in [-0.3, -0.25) is 0 Å². The van der Waals surface area contributed by atoms with Crippen LogP contribution in [-0.2, 0) is 0 Å². The first-order valence-corrected chi connectivity index (χ1v) is 8.88. The lowest BCUT2D eigenvalue weighted by Crippen LogP contribution is -2.25. The molecule has 0 N–H and O–H groups in total. The van der Waals surface area contributed by atoms with Crippen molar-refractivity contribution in [2.75, 3.05) is 0 Å². The van der Waals surface area contributed by atoms with Crippen LogP contribution in [0.3, 0.4) is 0 Å². The molecule has 5 aliphatic rings. The van der Waals surface area contributed by atoms with Crippen molar-refractivity contribution in [1.29, 1.82) is 0 Å². The van der Waals surface area contributed by atoms with Gasteiger partial charge in [-0.15, -0.1) is 0 Å². The first-order chi connectivity index (χ1) is 8.88. The smallest absolute Gasteiger partial charge is 0.0352 e. The van der Waals surface area contributed by atoms with Crippen LogP contribution in [0.4, 0.5) is 0 Å². The highest BCUT2D eigenvalue weighted by molar-refractivity contribution is 5.03. The molecular weight excluding hydrogens is 216 g/mol. The van der Waals surface area contributed by atoms with Gasteiger partial charge in [0.05, 0.1) is 0 Å². The van der Waals surface area contributed by atoms with Gasteiger partial charge in [0.1, 0.15) is 0 Å². The number of hydrogen-bond donors (Lipinski definition) is 0. The number of rotatable bonds is 1. The maximum absolute atomic E-state index is 1.66. The summed E-state index contributed by atoms with van der Waals surface area (Å²) in [5.74, 6) is 9.45. The molecule has 0 amide bonds. The standard InChI is InChI=1S/C18H28/c1-3-12-7-11(1)2-6-16(12)15-9-17-13-4-5-14(8-13)18(17)10-15/h11-18H,1-10H2. The van der Waals surface area contributed by atoms with Gasteiger partial charge in [0.15, 0.2) is 0 Å². The van der Waals surface area contributed by atoms with Gasteiger partial charge in [-0.2, -0.15) is 0 Å². The Morgan fingerprint density at radius 2 is 1.00 bits per heavy atom. The van der Waals surface area contributed by atoms with Gasteiger partial charge in [0.2, 0.25) is 0 Å². The lowest BCUT2D eigenvalue weighted by atomic mass is 9.71. The molecule has 100 valence electrons. The van der Waals surface area contributed by atoms with E-state index >= 15 is 0 Å². The minimum absolute atomic E-state index is 1.16. The fourth-order valence-electron chi connectivity index (χ4n) is 7.46. The summed E-state index contributed by atoms with van der Waals surface area (Å²) >= 11 is 0. The van der Waals surface area contributed by atoms with E-state index in [0.29, 0.717) is 0 Å². The zero-order valence-electron chi connectivity index (χ0n) is 11.7. The summed E-state index contributed by atoms with van der Waals surface area (Å²) in [5.41, 5.74) is 0. The van der Waals surface area contributed by atoms with Crippen LogP contribution >= 0.6 is 0 Å². The summed E-state index contributed by atoms with van der Waals surface area (Å²) in [5, 5.41) is 0. The SMILES string of the molecule is C1CC2CC1CCC2C1CC2C3CCC(C3)C2C1. The highest BCUT2D eigenvalue weighted by Gasteiger charge is 2.54. The molecular formula is C18H28. The summed E-state index contributed by atoms with van der Waals surface area (Å²) in [7, 11) is 0. The molecule has 0 aliphatic heterocycles. The molecule has 0 spiro atoms. The van der Waals surface area contributed by atoms with Crippen LogP contribution in [0.25, 0.3) is 0 Å². The van der Waals surface area contributed by atoms with E-state index < -0.39 is 0 Å². The molecule has 5 saturated carbocycles. The van der Waals surface area contributed by atoms with E-state index in [-0.39, 0.29) is 0 Å². The highest BCUT2D eigenvalue weighted by atomic mass is 14.6. The van der Waals surface area contributed by atoms with Gasteiger partial charge >= 0.3 is 0 Å². The van der Waals surface area contributed by atoms with E-state index in [9.17, 15) is 0 Å². The predicted molar refractivity (Wildman–Crippen MR) is 74.1 cm³/mol. The Morgan fingerprint density at radius 1 is 0.389 bits per heavy atom. The fraction of sp³-hybridized carbons (Fsp3) is 1.00. The van der Waals surface area contributed by atoms with Crippen molar-refractivity contribution in [2.24, 2.45) is 47.3 Å². The minimum Gasteiger partial charge on any atom is -0.0502 e. The Morgan fingerprint density at radius 3 is 1.78 bits per heavy atom. The minimum atomic E-state index is 1.16. The lowest BCUT2D eigenvalue weighted by Gasteiger charge is -2.34. The van der Waals surface area contributed by atoms with Gasteiger partial charge in [-0.25, -0.2) is 0 Å². The molecule has 0 aromatic carbocycles. The Labute approximate surface area is 112 Å². The van der Waals surface area contributed by atoms with Crippen molar-refractivity contribution in [2.45, 2.75) is 64.2 Å². The molecule has 5 fully saturated rings. The molecule has 0 aromatic heterocycles. The first kappa shape index (κ1) is 10.7. The molecule has 0 aromatic rings. The monoisotopic (exact) mass is 244 g/mol. The van der Waals surface area contributed by atoms with Crippen LogP contribution in [-0.4, -0.2) is 0 Å². The Hall–Kier alpha value is 0. The van der Waals surface area contributed by atoms with Gasteiger partial charge in [0.25, 0.3) is 0 Å². The Kier molecular flexibility index (Phi) is 2.25. The molecule has 0 nitrogen and oxygen atoms in total. The number of hydrogen-bond acceptors (Lipinski definition) is 0. The third kappa shape index (κ3) is 1.38. The molecule has 5 rings (SSSR count). The lowest BCUT2D eigenvalue weighted by molar-refractivity contribution is 0.161. The van der Waals surface area contributed by atoms with E-state index in [1.807, 2.05) is 0 Å². The molecule has 0 heteroatoms. The predicted octanol–water partition coefficient (Wildman–Crippen LogP) is 4.89. The second kappa shape index (κ2) is 3.76. The molecule has 7 atom stereocenters. The Balaban J connectivity index is 1.34. The Bertz CT molecular complexity index is 328. The largest absolute Gasteiger partial charge is 0.0502 e.